The van der Waals surface area contributed by atoms with Crippen LogP contribution in [-0.4, -0.2) is 51.5 Å². The van der Waals surface area contributed by atoms with Gasteiger partial charge in [-0.1, -0.05) is 11.6 Å². The van der Waals surface area contributed by atoms with Crippen LogP contribution in [-0.2, 0) is 14.8 Å². The van der Waals surface area contributed by atoms with Crippen LogP contribution in [0, 0.1) is 11.3 Å². The van der Waals surface area contributed by atoms with Crippen molar-refractivity contribution in [2.45, 2.75) is 11.8 Å². The van der Waals surface area contributed by atoms with Crippen LogP contribution in [0.15, 0.2) is 47.4 Å². The number of carbonyl (C=O) groups is 1. The quantitative estimate of drug-likeness (QED) is 0.723. The van der Waals surface area contributed by atoms with E-state index < -0.39 is 15.9 Å². The van der Waals surface area contributed by atoms with Gasteiger partial charge in [0.1, 0.15) is 0 Å². The molecule has 0 unspecified atom stereocenters. The Labute approximate surface area is 175 Å². The predicted octanol–water partition coefficient (Wildman–Crippen LogP) is 2.90. The van der Waals surface area contributed by atoms with Gasteiger partial charge in [0.15, 0.2) is 0 Å². The van der Waals surface area contributed by atoms with Crippen LogP contribution in [0.25, 0.3) is 0 Å². The average Bonchev–Trinajstić information content (AvgIpc) is 2.75. The van der Waals surface area contributed by atoms with Crippen molar-refractivity contribution in [2.24, 2.45) is 0 Å². The lowest BCUT2D eigenvalue weighted by Gasteiger charge is -2.26. The van der Waals surface area contributed by atoms with Crippen molar-refractivity contribution in [1.82, 2.24) is 4.31 Å². The van der Waals surface area contributed by atoms with Crippen LogP contribution in [0.3, 0.4) is 0 Å². The number of carbonyl (C=O) groups excluding carboxylic acids is 1. The number of morpholine rings is 1. The molecular weight excluding hydrogens is 414 g/mol. The summed E-state index contributed by atoms with van der Waals surface area (Å²) < 4.78 is 32.4. The minimum Gasteiger partial charge on any atom is -0.379 e. The largest absolute Gasteiger partial charge is 0.379 e. The molecule has 1 fully saturated rings. The van der Waals surface area contributed by atoms with E-state index in [0.29, 0.717) is 31.0 Å². The fourth-order valence-corrected chi connectivity index (χ4v) is 4.70. The maximum absolute atomic E-state index is 13.2. The van der Waals surface area contributed by atoms with Gasteiger partial charge >= 0.3 is 0 Å². The number of hydrogen-bond donors (Lipinski definition) is 0. The molecule has 0 bridgehead atoms. The first kappa shape index (κ1) is 21.3. The van der Waals surface area contributed by atoms with Crippen molar-refractivity contribution in [3.63, 3.8) is 0 Å². The smallest absolute Gasteiger partial charge is 0.259 e. The van der Waals surface area contributed by atoms with Gasteiger partial charge in [-0.15, -0.1) is 0 Å². The van der Waals surface area contributed by atoms with Crippen LogP contribution >= 0.6 is 11.6 Å². The van der Waals surface area contributed by atoms with Crippen molar-refractivity contribution in [2.75, 3.05) is 37.7 Å². The van der Waals surface area contributed by atoms with E-state index in [0.717, 1.165) is 0 Å². The monoisotopic (exact) mass is 433 g/mol. The number of amides is 1. The minimum absolute atomic E-state index is 0.0167. The van der Waals surface area contributed by atoms with Crippen molar-refractivity contribution < 1.29 is 17.9 Å². The van der Waals surface area contributed by atoms with Crippen molar-refractivity contribution in [1.29, 1.82) is 5.26 Å². The summed E-state index contributed by atoms with van der Waals surface area (Å²) >= 11 is 6.24. The Morgan fingerprint density at radius 2 is 1.86 bits per heavy atom. The molecule has 1 aliphatic heterocycles. The van der Waals surface area contributed by atoms with Gasteiger partial charge in [-0.3, -0.25) is 4.79 Å². The molecule has 9 heteroatoms. The first-order chi connectivity index (χ1) is 13.9. The number of benzene rings is 2. The first-order valence-corrected chi connectivity index (χ1v) is 10.9. The normalized spacial score (nSPS) is 14.9. The Bertz CT molecular complexity index is 1040. The minimum atomic E-state index is -3.75. The molecule has 1 saturated heterocycles. The molecule has 1 aliphatic rings. The highest BCUT2D eigenvalue weighted by atomic mass is 35.5. The van der Waals surface area contributed by atoms with Crippen molar-refractivity contribution in [3.8, 4) is 6.07 Å². The standard InChI is InChI=1S/C20H20ClN3O4S/c1-2-24(16-5-3-15(14-22)4-6-16)20(25)18-13-17(7-8-19(18)21)29(26,27)23-9-11-28-12-10-23/h3-8,13H,2,9-12H2,1H3. The van der Waals surface area contributed by atoms with Crippen LogP contribution in [0.1, 0.15) is 22.8 Å². The van der Waals surface area contributed by atoms with E-state index in [1.807, 2.05) is 6.07 Å². The fraction of sp³-hybridized carbons (Fsp3) is 0.300. The number of nitriles is 1. The van der Waals surface area contributed by atoms with Gasteiger partial charge in [-0.2, -0.15) is 9.57 Å². The number of anilines is 1. The van der Waals surface area contributed by atoms with E-state index in [1.165, 1.54) is 27.4 Å². The van der Waals surface area contributed by atoms with E-state index in [2.05, 4.69) is 0 Å². The zero-order valence-electron chi connectivity index (χ0n) is 15.8. The van der Waals surface area contributed by atoms with Gasteiger partial charge < -0.3 is 9.64 Å². The Balaban J connectivity index is 1.95. The van der Waals surface area contributed by atoms with Crippen LogP contribution < -0.4 is 4.90 Å². The average molecular weight is 434 g/mol. The van der Waals surface area contributed by atoms with E-state index in [9.17, 15) is 13.2 Å². The maximum Gasteiger partial charge on any atom is 0.259 e. The first-order valence-electron chi connectivity index (χ1n) is 9.08. The van der Waals surface area contributed by atoms with Gasteiger partial charge in [0, 0.05) is 25.3 Å². The molecular formula is C20H20ClN3O4S. The number of hydrogen-bond acceptors (Lipinski definition) is 5. The molecule has 0 aliphatic carbocycles. The molecule has 0 aromatic heterocycles. The predicted molar refractivity (Wildman–Crippen MR) is 110 cm³/mol. The number of halogens is 1. The Kier molecular flexibility index (Phi) is 6.55. The second kappa shape index (κ2) is 8.93. The fourth-order valence-electron chi connectivity index (χ4n) is 3.07. The lowest BCUT2D eigenvalue weighted by Crippen LogP contribution is -2.40. The second-order valence-electron chi connectivity index (χ2n) is 6.37. The molecule has 0 radical (unpaired) electrons. The van der Waals surface area contributed by atoms with Crippen molar-refractivity contribution >= 4 is 33.2 Å². The third kappa shape index (κ3) is 4.43. The highest BCUT2D eigenvalue weighted by Gasteiger charge is 2.28. The van der Waals surface area contributed by atoms with E-state index in [-0.39, 0.29) is 28.6 Å². The van der Waals surface area contributed by atoms with Gasteiger partial charge in [0.05, 0.1) is 40.3 Å². The molecule has 7 nitrogen and oxygen atoms in total. The molecule has 2 aromatic rings. The Morgan fingerprint density at radius 1 is 1.21 bits per heavy atom. The van der Waals surface area contributed by atoms with Gasteiger partial charge in [0.25, 0.3) is 5.91 Å². The molecule has 29 heavy (non-hydrogen) atoms. The van der Waals surface area contributed by atoms with E-state index >= 15 is 0 Å². The highest BCUT2D eigenvalue weighted by molar-refractivity contribution is 7.89. The molecule has 0 atom stereocenters. The molecule has 152 valence electrons. The summed E-state index contributed by atoms with van der Waals surface area (Å²) in [6.45, 7) is 3.35. The highest BCUT2D eigenvalue weighted by Crippen LogP contribution is 2.26. The second-order valence-corrected chi connectivity index (χ2v) is 8.71. The summed E-state index contributed by atoms with van der Waals surface area (Å²) in [7, 11) is -3.75. The SMILES string of the molecule is CCN(C(=O)c1cc(S(=O)(=O)N2CCOCC2)ccc1Cl)c1ccc(C#N)cc1. The van der Waals surface area contributed by atoms with E-state index in [1.54, 1.807) is 31.2 Å². The summed E-state index contributed by atoms with van der Waals surface area (Å²) in [6.07, 6.45) is 0. The summed E-state index contributed by atoms with van der Waals surface area (Å²) in [5, 5.41) is 9.11. The van der Waals surface area contributed by atoms with Gasteiger partial charge in [-0.05, 0) is 49.4 Å². The van der Waals surface area contributed by atoms with Crippen LogP contribution in [0.5, 0.6) is 0 Å². The molecule has 1 amide bonds. The van der Waals surface area contributed by atoms with Crippen LogP contribution in [0.2, 0.25) is 5.02 Å². The molecule has 0 spiro atoms. The molecule has 3 rings (SSSR count). The third-order valence-electron chi connectivity index (χ3n) is 4.65. The topological polar surface area (TPSA) is 90.7 Å². The zero-order valence-corrected chi connectivity index (χ0v) is 17.4. The molecule has 0 saturated carbocycles. The summed E-state index contributed by atoms with van der Waals surface area (Å²) in [5.74, 6) is -0.416. The third-order valence-corrected chi connectivity index (χ3v) is 6.87. The molecule has 0 N–H and O–H groups in total. The number of sulfonamides is 1. The van der Waals surface area contributed by atoms with Gasteiger partial charge in [0.2, 0.25) is 10.0 Å². The van der Waals surface area contributed by atoms with Crippen LogP contribution in [0.4, 0.5) is 5.69 Å². The Morgan fingerprint density at radius 3 is 2.45 bits per heavy atom. The lowest BCUT2D eigenvalue weighted by atomic mass is 10.1. The lowest BCUT2D eigenvalue weighted by molar-refractivity contribution is 0.0730. The summed E-state index contributed by atoms with van der Waals surface area (Å²) in [6, 6.07) is 12.8. The summed E-state index contributed by atoms with van der Waals surface area (Å²) in [5.41, 5.74) is 1.18. The van der Waals surface area contributed by atoms with E-state index in [4.69, 9.17) is 21.6 Å². The number of rotatable bonds is 5. The zero-order chi connectivity index (χ0) is 21.0. The maximum atomic E-state index is 13.2. The number of nitrogens with zero attached hydrogens (tertiary/aromatic N) is 3. The van der Waals surface area contributed by atoms with Crippen molar-refractivity contribution in [3.05, 3.63) is 58.6 Å². The molecule has 1 heterocycles. The molecule has 2 aromatic carbocycles. The Hall–Kier alpha value is -2.44. The number of ether oxygens (including phenoxy) is 1. The van der Waals surface area contributed by atoms with Gasteiger partial charge in [-0.25, -0.2) is 8.42 Å². The summed E-state index contributed by atoms with van der Waals surface area (Å²) in [4.78, 5) is 14.7.